The van der Waals surface area contributed by atoms with Crippen molar-refractivity contribution < 1.29 is 9.90 Å². The van der Waals surface area contributed by atoms with Crippen molar-refractivity contribution in [1.82, 2.24) is 0 Å². The molecule has 94 valence electrons. The van der Waals surface area contributed by atoms with Crippen LogP contribution in [0.5, 0.6) is 0 Å². The number of carboxylic acid groups (broad SMARTS) is 1. The Morgan fingerprint density at radius 3 is 2.44 bits per heavy atom. The van der Waals surface area contributed by atoms with E-state index in [4.69, 9.17) is 5.11 Å². The van der Waals surface area contributed by atoms with Crippen LogP contribution in [0.15, 0.2) is 12.2 Å². The predicted molar refractivity (Wildman–Crippen MR) is 72.1 cm³/mol. The first-order valence-corrected chi connectivity index (χ1v) is 7.19. The lowest BCUT2D eigenvalue weighted by atomic mass is 10.1. The van der Waals surface area contributed by atoms with E-state index < -0.39 is 5.97 Å². The Bertz CT molecular complexity index is 200. The number of rotatable bonds is 10. The number of carbonyl (C=O) groups is 1. The molecule has 0 aliphatic rings. The first-order chi connectivity index (χ1) is 7.63. The molecule has 0 aromatic heterocycles. The number of allylic oxidation sites excluding steroid dienone is 1. The highest BCUT2D eigenvalue weighted by Crippen LogP contribution is 2.13. The Morgan fingerprint density at radius 1 is 1.19 bits per heavy atom. The van der Waals surface area contributed by atoms with Crippen molar-refractivity contribution >= 4 is 17.7 Å². The average molecular weight is 244 g/mol. The van der Waals surface area contributed by atoms with Gasteiger partial charge in [0.25, 0.3) is 0 Å². The summed E-state index contributed by atoms with van der Waals surface area (Å²) in [5.74, 6) is 0.432. The molecule has 0 saturated carbocycles. The largest absolute Gasteiger partial charge is 0.478 e. The third kappa shape index (κ3) is 13.6. The molecule has 0 aliphatic heterocycles. The van der Waals surface area contributed by atoms with E-state index in [0.29, 0.717) is 0 Å². The van der Waals surface area contributed by atoms with Gasteiger partial charge in [-0.15, -0.1) is 0 Å². The summed E-state index contributed by atoms with van der Waals surface area (Å²) in [5, 5.41) is 9.12. The van der Waals surface area contributed by atoms with Gasteiger partial charge in [-0.3, -0.25) is 0 Å². The second-order valence-electron chi connectivity index (χ2n) is 4.22. The van der Waals surface area contributed by atoms with Gasteiger partial charge in [-0.05, 0) is 30.3 Å². The molecule has 0 heterocycles. The monoisotopic (exact) mass is 244 g/mol. The molecular weight excluding hydrogens is 220 g/mol. The average Bonchev–Trinajstić information content (AvgIpc) is 2.20. The van der Waals surface area contributed by atoms with E-state index >= 15 is 0 Å². The van der Waals surface area contributed by atoms with Gasteiger partial charge in [0.1, 0.15) is 0 Å². The molecular formula is C13H24O2S. The molecule has 0 spiro atoms. The standard InChI is InChI=1S/C13H24O2S/c1-12(2)16-11-9-7-5-3-4-6-8-10-13(14)15/h8,10,12H,3-7,9,11H2,1-2H3,(H,14,15). The number of unbranched alkanes of at least 4 members (excludes halogenated alkanes) is 5. The Morgan fingerprint density at radius 2 is 1.81 bits per heavy atom. The van der Waals surface area contributed by atoms with Crippen molar-refractivity contribution in [2.45, 2.75) is 57.6 Å². The second-order valence-corrected chi connectivity index (χ2v) is 5.90. The first-order valence-electron chi connectivity index (χ1n) is 6.14. The quantitative estimate of drug-likeness (QED) is 0.464. The molecule has 0 rings (SSSR count). The van der Waals surface area contributed by atoms with Gasteiger partial charge < -0.3 is 5.11 Å². The van der Waals surface area contributed by atoms with Gasteiger partial charge in [0.15, 0.2) is 0 Å². The predicted octanol–water partition coefficient (Wildman–Crippen LogP) is 4.11. The fourth-order valence-corrected chi connectivity index (χ4v) is 2.24. The van der Waals surface area contributed by atoms with Crippen LogP contribution in [-0.4, -0.2) is 22.1 Å². The molecule has 0 unspecified atom stereocenters. The van der Waals surface area contributed by atoms with Gasteiger partial charge in [0.05, 0.1) is 0 Å². The van der Waals surface area contributed by atoms with Gasteiger partial charge in [-0.2, -0.15) is 11.8 Å². The van der Waals surface area contributed by atoms with Crippen LogP contribution >= 0.6 is 11.8 Å². The van der Waals surface area contributed by atoms with E-state index in [1.807, 2.05) is 11.8 Å². The van der Waals surface area contributed by atoms with Crippen molar-refractivity contribution in [3.63, 3.8) is 0 Å². The fraction of sp³-hybridized carbons (Fsp3) is 0.769. The summed E-state index contributed by atoms with van der Waals surface area (Å²) in [6.07, 6.45) is 10.1. The van der Waals surface area contributed by atoms with Gasteiger partial charge in [0, 0.05) is 6.08 Å². The highest BCUT2D eigenvalue weighted by atomic mass is 32.2. The molecule has 0 aromatic rings. The summed E-state index contributed by atoms with van der Waals surface area (Å²) in [6.45, 7) is 4.47. The lowest BCUT2D eigenvalue weighted by Crippen LogP contribution is -1.90. The van der Waals surface area contributed by atoms with Crippen molar-refractivity contribution in [3.8, 4) is 0 Å². The van der Waals surface area contributed by atoms with E-state index in [1.165, 1.54) is 37.5 Å². The first kappa shape index (κ1) is 15.6. The number of hydrogen-bond donors (Lipinski definition) is 1. The zero-order valence-corrected chi connectivity index (χ0v) is 11.3. The summed E-state index contributed by atoms with van der Waals surface area (Å²) in [5.41, 5.74) is 0. The van der Waals surface area contributed by atoms with E-state index in [9.17, 15) is 4.79 Å². The minimum Gasteiger partial charge on any atom is -0.478 e. The van der Waals surface area contributed by atoms with Crippen molar-refractivity contribution in [3.05, 3.63) is 12.2 Å². The van der Waals surface area contributed by atoms with E-state index in [0.717, 1.165) is 18.1 Å². The molecule has 2 nitrogen and oxygen atoms in total. The smallest absolute Gasteiger partial charge is 0.327 e. The molecule has 16 heavy (non-hydrogen) atoms. The highest BCUT2D eigenvalue weighted by molar-refractivity contribution is 7.99. The maximum absolute atomic E-state index is 10.2. The Balaban J connectivity index is 3.07. The topological polar surface area (TPSA) is 37.3 Å². The third-order valence-corrected chi connectivity index (χ3v) is 3.42. The summed E-state index contributed by atoms with van der Waals surface area (Å²) in [6, 6.07) is 0. The van der Waals surface area contributed by atoms with Crippen LogP contribution in [0, 0.1) is 0 Å². The lowest BCUT2D eigenvalue weighted by Gasteiger charge is -2.03. The molecule has 0 amide bonds. The van der Waals surface area contributed by atoms with Crippen LogP contribution in [0.3, 0.4) is 0 Å². The van der Waals surface area contributed by atoms with E-state index in [2.05, 4.69) is 13.8 Å². The molecule has 0 saturated heterocycles. The van der Waals surface area contributed by atoms with Crippen LogP contribution in [0.1, 0.15) is 52.4 Å². The fourth-order valence-electron chi connectivity index (χ4n) is 1.40. The second kappa shape index (κ2) is 11.1. The van der Waals surface area contributed by atoms with Gasteiger partial charge in [0.2, 0.25) is 0 Å². The molecule has 0 radical (unpaired) electrons. The summed E-state index contributed by atoms with van der Waals surface area (Å²) >= 11 is 2.03. The Hall–Kier alpha value is -0.440. The lowest BCUT2D eigenvalue weighted by molar-refractivity contribution is -0.131. The van der Waals surface area contributed by atoms with E-state index in [1.54, 1.807) is 6.08 Å². The normalized spacial score (nSPS) is 11.4. The molecule has 0 atom stereocenters. The van der Waals surface area contributed by atoms with Crippen molar-refractivity contribution in [1.29, 1.82) is 0 Å². The van der Waals surface area contributed by atoms with Crippen LogP contribution in [0.2, 0.25) is 0 Å². The molecule has 0 fully saturated rings. The number of carboxylic acids is 1. The Kier molecular flexibility index (Phi) is 10.8. The SMILES string of the molecule is CC(C)SCCCCCCCC=CC(=O)O. The van der Waals surface area contributed by atoms with Crippen molar-refractivity contribution in [2.75, 3.05) is 5.75 Å². The van der Waals surface area contributed by atoms with E-state index in [-0.39, 0.29) is 0 Å². The van der Waals surface area contributed by atoms with Crippen LogP contribution in [0.25, 0.3) is 0 Å². The van der Waals surface area contributed by atoms with Crippen molar-refractivity contribution in [2.24, 2.45) is 0 Å². The summed E-state index contributed by atoms with van der Waals surface area (Å²) in [4.78, 5) is 10.2. The minimum atomic E-state index is -0.842. The summed E-state index contributed by atoms with van der Waals surface area (Å²) < 4.78 is 0. The zero-order valence-electron chi connectivity index (χ0n) is 10.4. The van der Waals surface area contributed by atoms with Crippen LogP contribution in [0.4, 0.5) is 0 Å². The van der Waals surface area contributed by atoms with Crippen LogP contribution < -0.4 is 0 Å². The number of hydrogen-bond acceptors (Lipinski definition) is 2. The van der Waals surface area contributed by atoms with Crippen LogP contribution in [-0.2, 0) is 4.79 Å². The summed E-state index contributed by atoms with van der Waals surface area (Å²) in [7, 11) is 0. The zero-order chi connectivity index (χ0) is 12.2. The Labute approximate surface area is 104 Å². The minimum absolute atomic E-state index is 0.751. The number of aliphatic carboxylic acids is 1. The van der Waals surface area contributed by atoms with Gasteiger partial charge in [-0.1, -0.05) is 39.2 Å². The highest BCUT2D eigenvalue weighted by Gasteiger charge is 1.94. The molecule has 0 aliphatic carbocycles. The maximum atomic E-state index is 10.2. The maximum Gasteiger partial charge on any atom is 0.327 e. The van der Waals surface area contributed by atoms with Gasteiger partial charge in [-0.25, -0.2) is 4.79 Å². The van der Waals surface area contributed by atoms with Gasteiger partial charge >= 0.3 is 5.97 Å². The molecule has 0 bridgehead atoms. The molecule has 1 N–H and O–H groups in total. The number of thioether (sulfide) groups is 1. The molecule has 0 aromatic carbocycles. The molecule has 3 heteroatoms. The third-order valence-electron chi connectivity index (χ3n) is 2.23.